The van der Waals surface area contributed by atoms with Gasteiger partial charge in [0.1, 0.15) is 23.0 Å². The van der Waals surface area contributed by atoms with Crippen LogP contribution in [0.15, 0.2) is 104 Å². The molecule has 0 spiro atoms. The molecule has 8 heteroatoms. The van der Waals surface area contributed by atoms with Gasteiger partial charge in [-0.15, -0.1) is 0 Å². The van der Waals surface area contributed by atoms with Gasteiger partial charge in [0.05, 0.1) is 9.85 Å². The van der Waals surface area contributed by atoms with Gasteiger partial charge in [-0.3, -0.25) is 20.2 Å². The van der Waals surface area contributed by atoms with Crippen molar-refractivity contribution < 1.29 is 19.3 Å². The summed E-state index contributed by atoms with van der Waals surface area (Å²) in [5.41, 5.74) is 2.92. The Bertz CT molecular complexity index is 1440. The van der Waals surface area contributed by atoms with E-state index in [4.69, 9.17) is 9.47 Å². The molecule has 0 heterocycles. The van der Waals surface area contributed by atoms with E-state index in [-0.39, 0.29) is 16.8 Å². The van der Waals surface area contributed by atoms with Crippen LogP contribution in [0.1, 0.15) is 31.4 Å². The van der Waals surface area contributed by atoms with Crippen molar-refractivity contribution in [3.05, 3.63) is 135 Å². The maximum Gasteiger partial charge on any atom is 0.269 e. The first kappa shape index (κ1) is 26.1. The Labute approximate surface area is 220 Å². The predicted octanol–water partition coefficient (Wildman–Crippen LogP) is 8.47. The molecule has 0 aromatic heterocycles. The predicted molar refractivity (Wildman–Crippen MR) is 146 cm³/mol. The highest BCUT2D eigenvalue weighted by atomic mass is 16.6. The average molecular weight is 511 g/mol. The summed E-state index contributed by atoms with van der Waals surface area (Å²) in [6.07, 6.45) is 0.720. The largest absolute Gasteiger partial charge is 0.457 e. The lowest BCUT2D eigenvalue weighted by molar-refractivity contribution is -0.385. The molecule has 0 radical (unpaired) electrons. The summed E-state index contributed by atoms with van der Waals surface area (Å²) in [4.78, 5) is 20.7. The minimum absolute atomic E-state index is 0.0123. The van der Waals surface area contributed by atoms with Gasteiger partial charge in [-0.2, -0.15) is 0 Å². The van der Waals surface area contributed by atoms with Crippen LogP contribution in [-0.4, -0.2) is 9.85 Å². The summed E-state index contributed by atoms with van der Waals surface area (Å²) >= 11 is 0. The van der Waals surface area contributed by atoms with Crippen LogP contribution in [0.3, 0.4) is 0 Å². The first-order chi connectivity index (χ1) is 18.1. The van der Waals surface area contributed by atoms with E-state index in [0.29, 0.717) is 23.0 Å². The number of hydrogen-bond acceptors (Lipinski definition) is 6. The minimum Gasteiger partial charge on any atom is -0.457 e. The van der Waals surface area contributed by atoms with Crippen molar-refractivity contribution >= 4 is 16.9 Å². The topological polar surface area (TPSA) is 105 Å². The molecule has 0 aliphatic heterocycles. The SMILES string of the molecule is C=C(CC(C)(C)c1ccc(Oc2ccc([N+](=O)[O-])cc2)cc1)c1ccc(Oc2ccc([N+](=O)[O-])cc2)cc1. The molecule has 4 rings (SSSR count). The minimum atomic E-state index is -0.449. The molecule has 38 heavy (non-hydrogen) atoms. The van der Waals surface area contributed by atoms with Crippen LogP contribution in [0, 0.1) is 20.2 Å². The molecule has 0 unspecified atom stereocenters. The Kier molecular flexibility index (Phi) is 7.53. The molecule has 0 atom stereocenters. The van der Waals surface area contributed by atoms with E-state index in [1.54, 1.807) is 24.3 Å². The number of benzene rings is 4. The molecule has 0 N–H and O–H groups in total. The fraction of sp³-hybridized carbons (Fsp3) is 0.133. The van der Waals surface area contributed by atoms with Gasteiger partial charge in [-0.1, -0.05) is 44.7 Å². The van der Waals surface area contributed by atoms with Crippen LogP contribution in [0.25, 0.3) is 5.57 Å². The molecule has 8 nitrogen and oxygen atoms in total. The molecular weight excluding hydrogens is 484 g/mol. The van der Waals surface area contributed by atoms with Crippen LogP contribution in [0.5, 0.6) is 23.0 Å². The molecule has 0 saturated carbocycles. The number of rotatable bonds is 10. The van der Waals surface area contributed by atoms with Gasteiger partial charge in [0.25, 0.3) is 11.4 Å². The monoisotopic (exact) mass is 510 g/mol. The standard InChI is InChI=1S/C30H26N2O6/c1-21(22-4-12-26(13-5-22)37-28-16-8-24(9-17-28)31(33)34)20-30(2,3)23-6-14-27(15-7-23)38-29-18-10-25(11-19-29)32(35)36/h4-19H,1,20H2,2-3H3. The van der Waals surface area contributed by atoms with Crippen molar-refractivity contribution in [3.8, 4) is 23.0 Å². The van der Waals surface area contributed by atoms with Crippen LogP contribution in [0.2, 0.25) is 0 Å². The summed E-state index contributed by atoms with van der Waals surface area (Å²) in [7, 11) is 0. The molecule has 4 aromatic rings. The number of non-ortho nitro benzene ring substituents is 2. The van der Waals surface area contributed by atoms with Crippen molar-refractivity contribution in [2.75, 3.05) is 0 Å². The Morgan fingerprint density at radius 2 is 1.00 bits per heavy atom. The zero-order valence-corrected chi connectivity index (χ0v) is 21.0. The fourth-order valence-corrected chi connectivity index (χ4v) is 4.01. The highest BCUT2D eigenvalue weighted by Crippen LogP contribution is 2.36. The fourth-order valence-electron chi connectivity index (χ4n) is 4.01. The molecule has 0 saturated heterocycles. The molecule has 192 valence electrons. The summed E-state index contributed by atoms with van der Waals surface area (Å²) in [5, 5.41) is 21.6. The van der Waals surface area contributed by atoms with Crippen molar-refractivity contribution in [1.29, 1.82) is 0 Å². The second-order valence-electron chi connectivity index (χ2n) is 9.42. The maximum atomic E-state index is 10.8. The van der Waals surface area contributed by atoms with Crippen molar-refractivity contribution in [2.24, 2.45) is 0 Å². The van der Waals surface area contributed by atoms with Gasteiger partial charge in [0.15, 0.2) is 0 Å². The molecule has 0 aliphatic carbocycles. The van der Waals surface area contributed by atoms with Crippen molar-refractivity contribution in [3.63, 3.8) is 0 Å². The molecule has 4 aromatic carbocycles. The van der Waals surface area contributed by atoms with E-state index in [2.05, 4.69) is 20.4 Å². The van der Waals surface area contributed by atoms with Crippen molar-refractivity contribution in [1.82, 2.24) is 0 Å². The Hall–Kier alpha value is -4.98. The zero-order valence-electron chi connectivity index (χ0n) is 21.0. The quantitative estimate of drug-likeness (QED) is 0.156. The van der Waals surface area contributed by atoms with Gasteiger partial charge in [-0.05, 0) is 77.1 Å². The molecular formula is C30H26N2O6. The third-order valence-corrected chi connectivity index (χ3v) is 6.12. The smallest absolute Gasteiger partial charge is 0.269 e. The zero-order chi connectivity index (χ0) is 27.3. The molecule has 0 bridgehead atoms. The van der Waals surface area contributed by atoms with Gasteiger partial charge in [0.2, 0.25) is 0 Å². The maximum absolute atomic E-state index is 10.8. The second kappa shape index (κ2) is 11.0. The van der Waals surface area contributed by atoms with Crippen LogP contribution < -0.4 is 9.47 Å². The third-order valence-electron chi connectivity index (χ3n) is 6.12. The molecule has 0 aliphatic rings. The highest BCUT2D eigenvalue weighted by Gasteiger charge is 2.22. The number of nitro benzene ring substituents is 2. The van der Waals surface area contributed by atoms with Crippen molar-refractivity contribution in [2.45, 2.75) is 25.7 Å². The summed E-state index contributed by atoms with van der Waals surface area (Å²) in [6.45, 7) is 8.59. The number of hydrogen-bond donors (Lipinski definition) is 0. The number of nitrogens with zero attached hydrogens (tertiary/aromatic N) is 2. The number of allylic oxidation sites excluding steroid dienone is 1. The summed E-state index contributed by atoms with van der Waals surface area (Å²) in [6, 6.07) is 27.3. The average Bonchev–Trinajstić information content (AvgIpc) is 2.90. The molecule has 0 amide bonds. The van der Waals surface area contributed by atoms with Gasteiger partial charge in [0, 0.05) is 24.3 Å². The van der Waals surface area contributed by atoms with Crippen LogP contribution in [0.4, 0.5) is 11.4 Å². The Morgan fingerprint density at radius 1 is 0.658 bits per heavy atom. The first-order valence-corrected chi connectivity index (χ1v) is 11.8. The summed E-state index contributed by atoms with van der Waals surface area (Å²) in [5.74, 6) is 2.31. The van der Waals surface area contributed by atoms with Crippen LogP contribution >= 0.6 is 0 Å². The molecule has 0 fully saturated rings. The number of ether oxygens (including phenoxy) is 2. The van der Waals surface area contributed by atoms with E-state index in [9.17, 15) is 20.2 Å². The lowest BCUT2D eigenvalue weighted by Gasteiger charge is -2.27. The van der Waals surface area contributed by atoms with Gasteiger partial charge < -0.3 is 9.47 Å². The lowest BCUT2D eigenvalue weighted by Crippen LogP contribution is -2.17. The Morgan fingerprint density at radius 3 is 1.37 bits per heavy atom. The highest BCUT2D eigenvalue weighted by molar-refractivity contribution is 5.65. The van der Waals surface area contributed by atoms with E-state index in [1.807, 2.05) is 48.5 Å². The third kappa shape index (κ3) is 6.41. The van der Waals surface area contributed by atoms with Gasteiger partial charge >= 0.3 is 0 Å². The van der Waals surface area contributed by atoms with Crippen LogP contribution in [-0.2, 0) is 5.41 Å². The van der Waals surface area contributed by atoms with Gasteiger partial charge in [-0.25, -0.2) is 0 Å². The van der Waals surface area contributed by atoms with E-state index in [0.717, 1.165) is 23.1 Å². The number of nitro groups is 2. The normalized spacial score (nSPS) is 11.0. The second-order valence-corrected chi connectivity index (χ2v) is 9.42. The van der Waals surface area contributed by atoms with E-state index >= 15 is 0 Å². The van der Waals surface area contributed by atoms with E-state index < -0.39 is 9.85 Å². The Balaban J connectivity index is 1.36. The summed E-state index contributed by atoms with van der Waals surface area (Å²) < 4.78 is 11.6. The first-order valence-electron chi connectivity index (χ1n) is 11.8. The van der Waals surface area contributed by atoms with E-state index in [1.165, 1.54) is 24.3 Å². The lowest BCUT2D eigenvalue weighted by atomic mass is 9.78.